The Morgan fingerprint density at radius 2 is 1.81 bits per heavy atom. The molecule has 4 rings (SSSR count). The van der Waals surface area contributed by atoms with Crippen LogP contribution in [0.15, 0.2) is 82.4 Å². The molecule has 0 saturated carbocycles. The highest BCUT2D eigenvalue weighted by Crippen LogP contribution is 2.38. The molecule has 1 N–H and O–H groups in total. The minimum Gasteiger partial charge on any atom is -0.346 e. The lowest BCUT2D eigenvalue weighted by atomic mass is 10.1. The standard InChI is InChI=1S/C23H19FN2O3S3/c1-26(18-9-3-2-4-10-18)32(28,29)22-20(16-7-5-8-17(24)13-16)15-31-21(22)23(27)25-14-19-11-6-12-30-19/h2-13,15H,14H2,1H3,(H,25,27). The normalized spacial score (nSPS) is 11.3. The van der Waals surface area contributed by atoms with Gasteiger partial charge < -0.3 is 5.32 Å². The maximum atomic E-state index is 13.9. The van der Waals surface area contributed by atoms with E-state index in [2.05, 4.69) is 5.32 Å². The molecule has 0 spiro atoms. The summed E-state index contributed by atoms with van der Waals surface area (Å²) in [7, 11) is -2.69. The molecule has 0 radical (unpaired) electrons. The van der Waals surface area contributed by atoms with Crippen LogP contribution in [-0.2, 0) is 16.6 Å². The van der Waals surface area contributed by atoms with E-state index in [-0.39, 0.29) is 16.3 Å². The number of thiophene rings is 2. The van der Waals surface area contributed by atoms with Crippen LogP contribution in [0, 0.1) is 5.82 Å². The fourth-order valence-electron chi connectivity index (χ4n) is 3.19. The van der Waals surface area contributed by atoms with E-state index in [0.29, 0.717) is 16.8 Å². The van der Waals surface area contributed by atoms with Gasteiger partial charge >= 0.3 is 0 Å². The van der Waals surface area contributed by atoms with Crippen molar-refractivity contribution in [3.8, 4) is 11.1 Å². The third-order valence-corrected chi connectivity index (χ3v) is 8.69. The van der Waals surface area contributed by atoms with E-state index >= 15 is 0 Å². The topological polar surface area (TPSA) is 66.5 Å². The molecule has 0 fully saturated rings. The van der Waals surface area contributed by atoms with Gasteiger partial charge in [0, 0.05) is 22.9 Å². The Morgan fingerprint density at radius 3 is 2.50 bits per heavy atom. The number of sulfonamides is 1. The summed E-state index contributed by atoms with van der Waals surface area (Å²) < 4.78 is 42.4. The van der Waals surface area contributed by atoms with Gasteiger partial charge in [-0.05, 0) is 41.3 Å². The maximum Gasteiger partial charge on any atom is 0.266 e. The van der Waals surface area contributed by atoms with Gasteiger partial charge in [-0.3, -0.25) is 9.10 Å². The summed E-state index contributed by atoms with van der Waals surface area (Å²) in [5.41, 5.74) is 1.13. The van der Waals surface area contributed by atoms with E-state index in [4.69, 9.17) is 0 Å². The van der Waals surface area contributed by atoms with Gasteiger partial charge in [0.1, 0.15) is 15.6 Å². The van der Waals surface area contributed by atoms with E-state index in [1.807, 2.05) is 17.5 Å². The summed E-state index contributed by atoms with van der Waals surface area (Å²) in [5.74, 6) is -0.983. The highest BCUT2D eigenvalue weighted by molar-refractivity contribution is 7.93. The van der Waals surface area contributed by atoms with E-state index in [1.165, 1.54) is 36.6 Å². The average molecular weight is 487 g/mol. The SMILES string of the molecule is CN(c1ccccc1)S(=O)(=O)c1c(-c2cccc(F)c2)csc1C(=O)NCc1cccs1. The summed E-state index contributed by atoms with van der Waals surface area (Å²) >= 11 is 2.52. The molecule has 0 unspecified atom stereocenters. The molecule has 1 amide bonds. The van der Waals surface area contributed by atoms with Crippen LogP contribution in [-0.4, -0.2) is 21.4 Å². The van der Waals surface area contributed by atoms with E-state index in [1.54, 1.807) is 41.8 Å². The number of amides is 1. The number of hydrogen-bond acceptors (Lipinski definition) is 5. The number of hydrogen-bond donors (Lipinski definition) is 1. The molecule has 0 aliphatic carbocycles. The van der Waals surface area contributed by atoms with Crippen LogP contribution >= 0.6 is 22.7 Å². The monoisotopic (exact) mass is 486 g/mol. The first kappa shape index (κ1) is 22.2. The Hall–Kier alpha value is -3.01. The number of benzene rings is 2. The molecule has 164 valence electrons. The van der Waals surface area contributed by atoms with Gasteiger partial charge in [0.25, 0.3) is 15.9 Å². The molecule has 0 aliphatic rings. The molecule has 0 bridgehead atoms. The van der Waals surface area contributed by atoms with Crippen molar-refractivity contribution in [2.75, 3.05) is 11.4 Å². The molecule has 2 aromatic heterocycles. The molecule has 0 atom stereocenters. The maximum absolute atomic E-state index is 13.9. The summed E-state index contributed by atoms with van der Waals surface area (Å²) in [6, 6.07) is 18.0. The van der Waals surface area contributed by atoms with E-state index < -0.39 is 21.7 Å². The first-order chi connectivity index (χ1) is 15.4. The van der Waals surface area contributed by atoms with Gasteiger partial charge in [-0.15, -0.1) is 22.7 Å². The molecule has 5 nitrogen and oxygen atoms in total. The van der Waals surface area contributed by atoms with Crippen LogP contribution in [0.4, 0.5) is 10.1 Å². The van der Waals surface area contributed by atoms with Gasteiger partial charge in [0.05, 0.1) is 12.2 Å². The van der Waals surface area contributed by atoms with Crippen LogP contribution in [0.3, 0.4) is 0 Å². The fourth-order valence-corrected chi connectivity index (χ4v) is 6.71. The van der Waals surface area contributed by atoms with Crippen molar-refractivity contribution in [2.45, 2.75) is 11.4 Å². The van der Waals surface area contributed by atoms with Crippen molar-refractivity contribution in [1.29, 1.82) is 0 Å². The van der Waals surface area contributed by atoms with Crippen molar-refractivity contribution in [3.63, 3.8) is 0 Å². The number of halogens is 1. The lowest BCUT2D eigenvalue weighted by Gasteiger charge is -2.21. The predicted octanol–water partition coefficient (Wildman–Crippen LogP) is 5.37. The number of para-hydroxylation sites is 1. The summed E-state index contributed by atoms with van der Waals surface area (Å²) in [5, 5.41) is 6.28. The smallest absolute Gasteiger partial charge is 0.266 e. The molecule has 32 heavy (non-hydrogen) atoms. The third kappa shape index (κ3) is 4.45. The van der Waals surface area contributed by atoms with Gasteiger partial charge in [-0.1, -0.05) is 36.4 Å². The third-order valence-electron chi connectivity index (χ3n) is 4.83. The summed E-state index contributed by atoms with van der Waals surface area (Å²) in [6.07, 6.45) is 0. The second-order valence-electron chi connectivity index (χ2n) is 6.89. The Labute approximate surface area is 193 Å². The van der Waals surface area contributed by atoms with Crippen LogP contribution in [0.1, 0.15) is 14.5 Å². The van der Waals surface area contributed by atoms with Gasteiger partial charge in [-0.25, -0.2) is 12.8 Å². The number of carbonyl (C=O) groups is 1. The van der Waals surface area contributed by atoms with Gasteiger partial charge in [0.2, 0.25) is 0 Å². The number of anilines is 1. The van der Waals surface area contributed by atoms with Crippen molar-refractivity contribution in [1.82, 2.24) is 5.32 Å². The summed E-state index contributed by atoms with van der Waals surface area (Å²) in [4.78, 5) is 13.9. The molecule has 2 aromatic carbocycles. The second kappa shape index (κ2) is 9.23. The predicted molar refractivity (Wildman–Crippen MR) is 127 cm³/mol. The Kier molecular flexibility index (Phi) is 6.40. The molecule has 9 heteroatoms. The zero-order valence-electron chi connectivity index (χ0n) is 17.0. The number of nitrogens with one attached hydrogen (secondary N) is 1. The van der Waals surface area contributed by atoms with Crippen molar-refractivity contribution in [2.24, 2.45) is 0 Å². The zero-order valence-corrected chi connectivity index (χ0v) is 19.4. The average Bonchev–Trinajstić information content (AvgIpc) is 3.48. The largest absolute Gasteiger partial charge is 0.346 e. The summed E-state index contributed by atoms with van der Waals surface area (Å²) in [6.45, 7) is 0.289. The number of carbonyl (C=O) groups excluding carboxylic acids is 1. The highest BCUT2D eigenvalue weighted by Gasteiger charge is 2.32. The lowest BCUT2D eigenvalue weighted by molar-refractivity contribution is 0.0952. The molecule has 0 aliphatic heterocycles. The van der Waals surface area contributed by atoms with Gasteiger partial charge in [-0.2, -0.15) is 0 Å². The Balaban J connectivity index is 1.80. The molecular formula is C23H19FN2O3S3. The first-order valence-corrected chi connectivity index (χ1v) is 12.8. The minimum atomic E-state index is -4.13. The van der Waals surface area contributed by atoms with E-state index in [0.717, 1.165) is 20.5 Å². The lowest BCUT2D eigenvalue weighted by Crippen LogP contribution is -2.30. The van der Waals surface area contributed by atoms with Crippen molar-refractivity contribution >= 4 is 44.3 Å². The molecule has 2 heterocycles. The first-order valence-electron chi connectivity index (χ1n) is 9.60. The second-order valence-corrected chi connectivity index (χ2v) is 10.7. The van der Waals surface area contributed by atoms with Crippen molar-refractivity contribution in [3.05, 3.63) is 93.1 Å². The van der Waals surface area contributed by atoms with Crippen LogP contribution in [0.5, 0.6) is 0 Å². The van der Waals surface area contributed by atoms with Crippen LogP contribution in [0.2, 0.25) is 0 Å². The number of nitrogens with zero attached hydrogens (tertiary/aromatic N) is 1. The van der Waals surface area contributed by atoms with E-state index in [9.17, 15) is 17.6 Å². The Morgan fingerprint density at radius 1 is 1.03 bits per heavy atom. The minimum absolute atomic E-state index is 0.0589. The van der Waals surface area contributed by atoms with Crippen LogP contribution in [0.25, 0.3) is 11.1 Å². The zero-order chi connectivity index (χ0) is 22.7. The highest BCUT2D eigenvalue weighted by atomic mass is 32.2. The van der Waals surface area contributed by atoms with Crippen LogP contribution < -0.4 is 9.62 Å². The number of rotatable bonds is 7. The quantitative estimate of drug-likeness (QED) is 0.382. The molecular weight excluding hydrogens is 467 g/mol. The van der Waals surface area contributed by atoms with Gasteiger partial charge in [0.15, 0.2) is 0 Å². The van der Waals surface area contributed by atoms with Crippen molar-refractivity contribution < 1.29 is 17.6 Å². The molecule has 0 saturated heterocycles. The molecule has 4 aromatic rings. The Bertz CT molecular complexity index is 1330. The fraction of sp³-hybridized carbons (Fsp3) is 0.0870.